The zero-order valence-electron chi connectivity index (χ0n) is 11.8. The maximum absolute atomic E-state index is 12.0. The van der Waals surface area contributed by atoms with Gasteiger partial charge >= 0.3 is 5.97 Å². The molecular weight excluding hydrogens is 314 g/mol. The number of hydrogen-bond acceptors (Lipinski definition) is 4. The van der Waals surface area contributed by atoms with E-state index in [2.05, 4.69) is 5.32 Å². The number of halogens is 1. The van der Waals surface area contributed by atoms with Crippen LogP contribution in [0.3, 0.4) is 0 Å². The smallest absolute Gasteiger partial charge is 0.326 e. The van der Waals surface area contributed by atoms with Gasteiger partial charge < -0.3 is 15.2 Å². The summed E-state index contributed by atoms with van der Waals surface area (Å²) in [7, 11) is 0. The minimum Gasteiger partial charge on any atom is -0.481 e. The number of amides is 1. The van der Waals surface area contributed by atoms with Crippen molar-refractivity contribution in [3.8, 4) is 5.75 Å². The van der Waals surface area contributed by atoms with Crippen molar-refractivity contribution in [1.29, 1.82) is 0 Å². The number of benzene rings is 1. The van der Waals surface area contributed by atoms with Gasteiger partial charge in [-0.25, -0.2) is 4.79 Å². The van der Waals surface area contributed by atoms with Crippen LogP contribution < -0.4 is 10.1 Å². The monoisotopic (exact) mass is 331 g/mol. The van der Waals surface area contributed by atoms with Crippen molar-refractivity contribution in [3.63, 3.8) is 0 Å². The van der Waals surface area contributed by atoms with Crippen molar-refractivity contribution in [3.05, 3.63) is 29.3 Å². The summed E-state index contributed by atoms with van der Waals surface area (Å²) >= 11 is 7.29. The highest BCUT2D eigenvalue weighted by atomic mass is 35.5. The minimum absolute atomic E-state index is 0.371. The fourth-order valence-electron chi connectivity index (χ4n) is 1.55. The van der Waals surface area contributed by atoms with Crippen LogP contribution in [0.4, 0.5) is 0 Å². The first-order valence-electron chi connectivity index (χ1n) is 6.38. The number of carbonyl (C=O) groups excluding carboxylic acids is 1. The van der Waals surface area contributed by atoms with Gasteiger partial charge in [-0.05, 0) is 49.6 Å². The molecule has 5 nitrogen and oxygen atoms in total. The summed E-state index contributed by atoms with van der Waals surface area (Å²) in [5, 5.41) is 12.1. The molecule has 0 aromatic heterocycles. The van der Waals surface area contributed by atoms with E-state index >= 15 is 0 Å². The zero-order valence-corrected chi connectivity index (χ0v) is 13.4. The van der Waals surface area contributed by atoms with Crippen molar-refractivity contribution in [2.45, 2.75) is 25.5 Å². The van der Waals surface area contributed by atoms with Gasteiger partial charge in [-0.15, -0.1) is 0 Å². The van der Waals surface area contributed by atoms with Crippen LogP contribution in [0.5, 0.6) is 5.75 Å². The third-order valence-corrected chi connectivity index (χ3v) is 3.62. The Hall–Kier alpha value is -1.40. The van der Waals surface area contributed by atoms with Gasteiger partial charge in [-0.1, -0.05) is 11.6 Å². The molecule has 2 N–H and O–H groups in total. The first-order chi connectivity index (χ1) is 9.93. The quantitative estimate of drug-likeness (QED) is 0.765. The van der Waals surface area contributed by atoms with Crippen LogP contribution >= 0.6 is 23.4 Å². The number of hydrogen-bond donors (Lipinski definition) is 2. The lowest BCUT2D eigenvalue weighted by molar-refractivity contribution is -0.142. The molecule has 1 rings (SSSR count). The highest BCUT2D eigenvalue weighted by Crippen LogP contribution is 2.16. The maximum Gasteiger partial charge on any atom is 0.326 e. The van der Waals surface area contributed by atoms with E-state index in [9.17, 15) is 9.59 Å². The molecule has 0 saturated carbocycles. The van der Waals surface area contributed by atoms with Crippen molar-refractivity contribution < 1.29 is 19.4 Å². The second kappa shape index (κ2) is 8.79. The Morgan fingerprint density at radius 3 is 2.52 bits per heavy atom. The first-order valence-corrected chi connectivity index (χ1v) is 8.15. The summed E-state index contributed by atoms with van der Waals surface area (Å²) in [5.41, 5.74) is 0. The molecule has 2 atom stereocenters. The molecule has 0 bridgehead atoms. The molecule has 0 aliphatic carbocycles. The highest BCUT2D eigenvalue weighted by Gasteiger charge is 2.23. The number of nitrogens with one attached hydrogen (secondary N) is 1. The maximum atomic E-state index is 12.0. The second-order valence-electron chi connectivity index (χ2n) is 4.39. The lowest BCUT2D eigenvalue weighted by Gasteiger charge is -2.18. The zero-order chi connectivity index (χ0) is 15.8. The van der Waals surface area contributed by atoms with Crippen molar-refractivity contribution in [2.24, 2.45) is 0 Å². The molecule has 1 amide bonds. The van der Waals surface area contributed by atoms with Gasteiger partial charge in [-0.3, -0.25) is 4.79 Å². The first kappa shape index (κ1) is 17.7. The number of carbonyl (C=O) groups is 2. The molecule has 0 radical (unpaired) electrons. The predicted octanol–water partition coefficient (Wildman–Crippen LogP) is 2.43. The number of aliphatic carboxylic acids is 1. The SMILES string of the molecule is CSCC[C@@H](NC(=O)C(C)Oc1ccc(Cl)cc1)C(=O)O. The normalized spacial score (nSPS) is 13.3. The number of ether oxygens (including phenoxy) is 1. The van der Waals surface area contributed by atoms with Gasteiger partial charge in [0.1, 0.15) is 11.8 Å². The molecule has 1 aromatic rings. The topological polar surface area (TPSA) is 75.6 Å². The fraction of sp³-hybridized carbons (Fsp3) is 0.429. The van der Waals surface area contributed by atoms with E-state index < -0.39 is 24.0 Å². The predicted molar refractivity (Wildman–Crippen MR) is 84.1 cm³/mol. The summed E-state index contributed by atoms with van der Waals surface area (Å²) in [5.74, 6) is -0.350. The van der Waals surface area contributed by atoms with E-state index in [4.69, 9.17) is 21.4 Å². The van der Waals surface area contributed by atoms with Crippen LogP contribution in [-0.2, 0) is 9.59 Å². The summed E-state index contributed by atoms with van der Waals surface area (Å²) in [4.78, 5) is 23.0. The van der Waals surface area contributed by atoms with E-state index in [0.29, 0.717) is 22.9 Å². The summed E-state index contributed by atoms with van der Waals surface area (Å²) in [6.07, 6.45) is 1.46. The van der Waals surface area contributed by atoms with Crippen LogP contribution in [-0.4, -0.2) is 41.1 Å². The highest BCUT2D eigenvalue weighted by molar-refractivity contribution is 7.98. The van der Waals surface area contributed by atoms with Gasteiger partial charge in [0, 0.05) is 5.02 Å². The van der Waals surface area contributed by atoms with Crippen LogP contribution in [0.2, 0.25) is 5.02 Å². The average molecular weight is 332 g/mol. The molecule has 1 unspecified atom stereocenters. The van der Waals surface area contributed by atoms with Crippen molar-refractivity contribution in [1.82, 2.24) is 5.32 Å². The van der Waals surface area contributed by atoms with E-state index in [0.717, 1.165) is 0 Å². The molecule has 0 aliphatic heterocycles. The number of carboxylic acids is 1. The molecular formula is C14H18ClNO4S. The lowest BCUT2D eigenvalue weighted by Crippen LogP contribution is -2.46. The standard InChI is InChI=1S/C14H18ClNO4S/c1-9(20-11-5-3-10(15)4-6-11)13(17)16-12(14(18)19)7-8-21-2/h3-6,9,12H,7-8H2,1-2H3,(H,16,17)(H,18,19)/t9?,12-/m1/s1. The second-order valence-corrected chi connectivity index (χ2v) is 5.82. The number of thioether (sulfide) groups is 1. The van der Waals surface area contributed by atoms with E-state index in [1.54, 1.807) is 31.2 Å². The van der Waals surface area contributed by atoms with Gasteiger partial charge in [0.25, 0.3) is 5.91 Å². The van der Waals surface area contributed by atoms with Crippen molar-refractivity contribution >= 4 is 35.2 Å². The third-order valence-electron chi connectivity index (χ3n) is 2.72. The van der Waals surface area contributed by atoms with Crippen LogP contribution in [0.15, 0.2) is 24.3 Å². The largest absolute Gasteiger partial charge is 0.481 e. The van der Waals surface area contributed by atoms with Crippen molar-refractivity contribution in [2.75, 3.05) is 12.0 Å². The van der Waals surface area contributed by atoms with Gasteiger partial charge in [-0.2, -0.15) is 11.8 Å². The third kappa shape index (κ3) is 6.27. The molecule has 116 valence electrons. The molecule has 0 heterocycles. The van der Waals surface area contributed by atoms with Crippen LogP contribution in [0.25, 0.3) is 0 Å². The fourth-order valence-corrected chi connectivity index (χ4v) is 2.15. The molecule has 0 spiro atoms. The Bertz CT molecular complexity index is 480. The van der Waals surface area contributed by atoms with E-state index in [1.807, 2.05) is 6.26 Å². The molecule has 0 aliphatic rings. The van der Waals surface area contributed by atoms with Crippen LogP contribution in [0, 0.1) is 0 Å². The van der Waals surface area contributed by atoms with Crippen LogP contribution in [0.1, 0.15) is 13.3 Å². The van der Waals surface area contributed by atoms with Gasteiger partial charge in [0.05, 0.1) is 0 Å². The Balaban J connectivity index is 2.56. The lowest BCUT2D eigenvalue weighted by atomic mass is 10.2. The molecule has 1 aromatic carbocycles. The molecule has 21 heavy (non-hydrogen) atoms. The number of rotatable bonds is 8. The molecule has 0 fully saturated rings. The van der Waals surface area contributed by atoms with E-state index in [1.165, 1.54) is 11.8 Å². The van der Waals surface area contributed by atoms with Gasteiger partial charge in [0.2, 0.25) is 0 Å². The van der Waals surface area contributed by atoms with E-state index in [-0.39, 0.29) is 0 Å². The minimum atomic E-state index is -1.05. The number of carboxylic acid groups (broad SMARTS) is 1. The Labute approximate surface area is 133 Å². The summed E-state index contributed by atoms with van der Waals surface area (Å²) in [6.45, 7) is 1.57. The average Bonchev–Trinajstić information content (AvgIpc) is 2.45. The Morgan fingerprint density at radius 1 is 1.38 bits per heavy atom. The Kier molecular flexibility index (Phi) is 7.39. The molecule has 7 heteroatoms. The summed E-state index contributed by atoms with van der Waals surface area (Å²) in [6, 6.07) is 5.70. The Morgan fingerprint density at radius 2 is 2.00 bits per heavy atom. The van der Waals surface area contributed by atoms with Gasteiger partial charge in [0.15, 0.2) is 6.10 Å². The molecule has 0 saturated heterocycles. The summed E-state index contributed by atoms with van der Waals surface area (Å²) < 4.78 is 5.45.